The van der Waals surface area contributed by atoms with Crippen LogP contribution >= 0.6 is 0 Å². The van der Waals surface area contributed by atoms with Crippen molar-refractivity contribution in [3.63, 3.8) is 0 Å². The van der Waals surface area contributed by atoms with Gasteiger partial charge < -0.3 is 5.73 Å². The minimum Gasteiger partial charge on any atom is -0.330 e. The Balaban J connectivity index is 0.000000368. The molecule has 3 rings (SSSR count). The van der Waals surface area contributed by atoms with Crippen LogP contribution < -0.4 is 5.73 Å². The summed E-state index contributed by atoms with van der Waals surface area (Å²) in [5.41, 5.74) is 5.76. The van der Waals surface area contributed by atoms with Crippen molar-refractivity contribution in [3.05, 3.63) is 0 Å². The van der Waals surface area contributed by atoms with Crippen molar-refractivity contribution in [1.82, 2.24) is 0 Å². The van der Waals surface area contributed by atoms with E-state index in [1.54, 1.807) is 38.5 Å². The van der Waals surface area contributed by atoms with Gasteiger partial charge in [0.1, 0.15) is 0 Å². The fourth-order valence-electron chi connectivity index (χ4n) is 5.95. The van der Waals surface area contributed by atoms with E-state index in [1.165, 1.54) is 38.5 Å². The standard InChI is InChI=1S/C19H34.C4H11N/c1-14-6-9-17-16(13-14)8-7-15-5-4-11-19(2,3)12-10-18(15)17;1-2-3-4-5/h14-18H,4-13H2,1-3H3;2-5H2,1H3. The van der Waals surface area contributed by atoms with Crippen LogP contribution in [0.1, 0.15) is 105 Å². The number of hydrogen-bond donors (Lipinski definition) is 1. The monoisotopic (exact) mass is 335 g/mol. The maximum Gasteiger partial charge on any atom is -0.00774 e. The van der Waals surface area contributed by atoms with Crippen molar-refractivity contribution in [2.45, 2.75) is 105 Å². The number of unbranched alkanes of at least 4 members (excludes halogenated alkanes) is 1. The minimum absolute atomic E-state index is 0.625. The van der Waals surface area contributed by atoms with Gasteiger partial charge in [-0.15, -0.1) is 0 Å². The van der Waals surface area contributed by atoms with Crippen LogP contribution in [-0.4, -0.2) is 6.54 Å². The zero-order chi connectivity index (χ0) is 17.6. The first-order chi connectivity index (χ1) is 11.5. The average molecular weight is 336 g/mol. The SMILES string of the molecule is CC1CCC2C(CCC3CCCC(C)(C)CCC32)C1.CCCCN. The summed E-state index contributed by atoms with van der Waals surface area (Å²) >= 11 is 0. The molecule has 0 heterocycles. The summed E-state index contributed by atoms with van der Waals surface area (Å²) in [6.07, 6.45) is 17.7. The maximum absolute atomic E-state index is 5.14. The van der Waals surface area contributed by atoms with Gasteiger partial charge in [-0.3, -0.25) is 0 Å². The summed E-state index contributed by atoms with van der Waals surface area (Å²) in [6, 6.07) is 0. The van der Waals surface area contributed by atoms with Crippen LogP contribution in [0.2, 0.25) is 0 Å². The molecular weight excluding hydrogens is 290 g/mol. The van der Waals surface area contributed by atoms with Crippen LogP contribution in [-0.2, 0) is 0 Å². The second-order valence-electron chi connectivity index (χ2n) is 10.1. The van der Waals surface area contributed by atoms with Crippen LogP contribution in [0.25, 0.3) is 0 Å². The highest BCUT2D eigenvalue weighted by Gasteiger charge is 2.42. The lowest BCUT2D eigenvalue weighted by molar-refractivity contribution is 0.0130. The topological polar surface area (TPSA) is 26.0 Å². The second kappa shape index (κ2) is 9.60. The third-order valence-corrected chi connectivity index (χ3v) is 7.51. The molecule has 3 aliphatic rings. The Morgan fingerprint density at radius 1 is 0.875 bits per heavy atom. The number of fused-ring (bicyclic) bond motifs is 3. The van der Waals surface area contributed by atoms with Crippen LogP contribution in [0, 0.1) is 35.0 Å². The molecule has 0 bridgehead atoms. The zero-order valence-electron chi connectivity index (χ0n) is 17.2. The van der Waals surface area contributed by atoms with E-state index in [0.29, 0.717) is 5.41 Å². The molecule has 3 saturated carbocycles. The van der Waals surface area contributed by atoms with Gasteiger partial charge in [0.15, 0.2) is 0 Å². The Bertz CT molecular complexity index is 346. The molecule has 0 aromatic rings. The lowest BCUT2D eigenvalue weighted by Gasteiger charge is -2.49. The molecule has 0 aliphatic heterocycles. The molecule has 24 heavy (non-hydrogen) atoms. The van der Waals surface area contributed by atoms with Gasteiger partial charge in [0.25, 0.3) is 0 Å². The minimum atomic E-state index is 0.625. The summed E-state index contributed by atoms with van der Waals surface area (Å²) in [4.78, 5) is 0. The predicted octanol–water partition coefficient (Wildman–Crippen LogP) is 6.80. The Hall–Kier alpha value is -0.0400. The van der Waals surface area contributed by atoms with Gasteiger partial charge in [-0.2, -0.15) is 0 Å². The molecule has 2 N–H and O–H groups in total. The van der Waals surface area contributed by atoms with E-state index < -0.39 is 0 Å². The average Bonchev–Trinajstić information content (AvgIpc) is 2.53. The lowest BCUT2D eigenvalue weighted by atomic mass is 9.56. The highest BCUT2D eigenvalue weighted by molar-refractivity contribution is 4.92. The largest absolute Gasteiger partial charge is 0.330 e. The van der Waals surface area contributed by atoms with E-state index in [9.17, 15) is 0 Å². The zero-order valence-corrected chi connectivity index (χ0v) is 17.2. The highest BCUT2D eigenvalue weighted by atomic mass is 14.5. The Morgan fingerprint density at radius 3 is 2.25 bits per heavy atom. The van der Waals surface area contributed by atoms with Crippen LogP contribution in [0.5, 0.6) is 0 Å². The summed E-state index contributed by atoms with van der Waals surface area (Å²) in [5, 5.41) is 0. The van der Waals surface area contributed by atoms with Crippen molar-refractivity contribution in [3.8, 4) is 0 Å². The van der Waals surface area contributed by atoms with E-state index in [4.69, 9.17) is 5.73 Å². The molecule has 1 heteroatoms. The third kappa shape index (κ3) is 5.75. The molecular formula is C23H45N. The Kier molecular flexibility index (Phi) is 8.11. The molecule has 0 radical (unpaired) electrons. The molecule has 0 spiro atoms. The molecule has 0 saturated heterocycles. The first kappa shape index (κ1) is 20.3. The molecule has 5 atom stereocenters. The van der Waals surface area contributed by atoms with Crippen molar-refractivity contribution in [2.24, 2.45) is 40.7 Å². The highest BCUT2D eigenvalue weighted by Crippen LogP contribution is 2.52. The maximum atomic E-state index is 5.14. The van der Waals surface area contributed by atoms with Crippen LogP contribution in [0.4, 0.5) is 0 Å². The van der Waals surface area contributed by atoms with Crippen molar-refractivity contribution in [2.75, 3.05) is 6.54 Å². The quantitative estimate of drug-likeness (QED) is 0.590. The number of nitrogens with two attached hydrogens (primary N) is 1. The van der Waals surface area contributed by atoms with Gasteiger partial charge in [0.05, 0.1) is 0 Å². The molecule has 0 amide bonds. The van der Waals surface area contributed by atoms with E-state index in [-0.39, 0.29) is 0 Å². The van der Waals surface area contributed by atoms with Crippen molar-refractivity contribution < 1.29 is 0 Å². The fraction of sp³-hybridized carbons (Fsp3) is 1.00. The Morgan fingerprint density at radius 2 is 1.58 bits per heavy atom. The predicted molar refractivity (Wildman–Crippen MR) is 107 cm³/mol. The second-order valence-corrected chi connectivity index (χ2v) is 10.1. The lowest BCUT2D eigenvalue weighted by Crippen LogP contribution is -2.39. The van der Waals surface area contributed by atoms with Crippen LogP contribution in [0.15, 0.2) is 0 Å². The van der Waals surface area contributed by atoms with Gasteiger partial charge in [-0.25, -0.2) is 0 Å². The van der Waals surface area contributed by atoms with Gasteiger partial charge in [-0.1, -0.05) is 53.4 Å². The molecule has 1 nitrogen and oxygen atoms in total. The van der Waals surface area contributed by atoms with Gasteiger partial charge >= 0.3 is 0 Å². The number of rotatable bonds is 2. The van der Waals surface area contributed by atoms with Crippen molar-refractivity contribution in [1.29, 1.82) is 0 Å². The molecule has 0 aromatic carbocycles. The van der Waals surface area contributed by atoms with Gasteiger partial charge in [0.2, 0.25) is 0 Å². The summed E-state index contributed by atoms with van der Waals surface area (Å²) < 4.78 is 0. The van der Waals surface area contributed by atoms with E-state index >= 15 is 0 Å². The first-order valence-electron chi connectivity index (χ1n) is 11.2. The molecule has 0 aromatic heterocycles. The van der Waals surface area contributed by atoms with Crippen molar-refractivity contribution >= 4 is 0 Å². The Labute approximate surface area is 152 Å². The van der Waals surface area contributed by atoms with E-state index in [1.807, 2.05) is 0 Å². The van der Waals surface area contributed by atoms with E-state index in [2.05, 4.69) is 27.7 Å². The number of hydrogen-bond acceptors (Lipinski definition) is 1. The van der Waals surface area contributed by atoms with E-state index in [0.717, 1.165) is 36.1 Å². The molecule has 5 unspecified atom stereocenters. The first-order valence-corrected chi connectivity index (χ1v) is 11.2. The summed E-state index contributed by atoms with van der Waals surface area (Å²) in [6.45, 7) is 10.5. The smallest absolute Gasteiger partial charge is 0.00774 e. The molecule has 142 valence electrons. The van der Waals surface area contributed by atoms with Crippen LogP contribution in [0.3, 0.4) is 0 Å². The third-order valence-electron chi connectivity index (χ3n) is 7.51. The fourth-order valence-corrected chi connectivity index (χ4v) is 5.95. The van der Waals surface area contributed by atoms with Gasteiger partial charge in [0, 0.05) is 0 Å². The van der Waals surface area contributed by atoms with Gasteiger partial charge in [-0.05, 0) is 92.9 Å². The molecule has 3 aliphatic carbocycles. The summed E-state index contributed by atoms with van der Waals surface area (Å²) in [5.74, 6) is 5.44. The molecule has 3 fully saturated rings. The normalized spacial score (nSPS) is 38.6. The summed E-state index contributed by atoms with van der Waals surface area (Å²) in [7, 11) is 0.